The van der Waals surface area contributed by atoms with E-state index in [1.165, 1.54) is 0 Å². The molecule has 0 radical (unpaired) electrons. The summed E-state index contributed by atoms with van der Waals surface area (Å²) in [6.45, 7) is 3.07. The lowest BCUT2D eigenvalue weighted by molar-refractivity contribution is 0.410. The van der Waals surface area contributed by atoms with Crippen LogP contribution in [0.5, 0.6) is 5.75 Å². The number of halogens is 2. The maximum atomic E-state index is 11.5. The highest BCUT2D eigenvalue weighted by Crippen LogP contribution is 2.23. The van der Waals surface area contributed by atoms with E-state index >= 15 is 0 Å². The van der Waals surface area contributed by atoms with Crippen LogP contribution in [0.25, 0.3) is 0 Å². The Bertz CT molecular complexity index is 683. The van der Waals surface area contributed by atoms with Crippen LogP contribution in [0.2, 0.25) is 5.02 Å². The summed E-state index contributed by atoms with van der Waals surface area (Å²) in [4.78, 5) is 4.51. The van der Waals surface area contributed by atoms with Gasteiger partial charge in [0.25, 0.3) is 0 Å². The molecule has 1 aliphatic rings. The molecule has 0 bridgehead atoms. The first-order valence-electron chi connectivity index (χ1n) is 7.51. The number of guanidine groups is 1. The van der Waals surface area contributed by atoms with Gasteiger partial charge < -0.3 is 15.4 Å². The topological polar surface area (TPSA) is 79.8 Å². The summed E-state index contributed by atoms with van der Waals surface area (Å²) in [5.41, 5.74) is 0.910. The molecule has 9 heteroatoms. The fraction of sp³-hybridized carbons (Fsp3) is 0.533. The van der Waals surface area contributed by atoms with E-state index in [2.05, 4.69) is 15.6 Å². The van der Waals surface area contributed by atoms with Gasteiger partial charge in [0.05, 0.1) is 25.2 Å². The summed E-state index contributed by atoms with van der Waals surface area (Å²) in [5, 5.41) is 6.92. The van der Waals surface area contributed by atoms with Gasteiger partial charge in [-0.1, -0.05) is 17.7 Å². The van der Waals surface area contributed by atoms with Crippen LogP contribution in [-0.4, -0.2) is 45.6 Å². The zero-order valence-electron chi connectivity index (χ0n) is 13.7. The first-order chi connectivity index (χ1) is 10.9. The van der Waals surface area contributed by atoms with Crippen LogP contribution >= 0.6 is 35.6 Å². The second-order valence-electron chi connectivity index (χ2n) is 5.40. The fourth-order valence-electron chi connectivity index (χ4n) is 2.44. The molecule has 1 fully saturated rings. The molecule has 136 valence electrons. The molecule has 1 saturated heterocycles. The number of hydrogen-bond donors (Lipinski definition) is 2. The number of nitrogens with one attached hydrogen (secondary N) is 2. The minimum atomic E-state index is -2.92. The molecule has 0 spiro atoms. The highest BCUT2D eigenvalue weighted by Gasteiger charge is 2.28. The lowest BCUT2D eigenvalue weighted by atomic mass is 10.2. The number of sulfone groups is 1. The summed E-state index contributed by atoms with van der Waals surface area (Å²) >= 11 is 5.95. The molecule has 0 amide bonds. The average Bonchev–Trinajstić information content (AvgIpc) is 2.84. The molecule has 1 heterocycles. The van der Waals surface area contributed by atoms with Gasteiger partial charge in [-0.3, -0.25) is 0 Å². The Hall–Kier alpha value is -0.740. The number of benzene rings is 1. The maximum absolute atomic E-state index is 11.5. The van der Waals surface area contributed by atoms with Crippen LogP contribution in [0, 0.1) is 0 Å². The van der Waals surface area contributed by atoms with Crippen LogP contribution in [0.4, 0.5) is 0 Å². The van der Waals surface area contributed by atoms with E-state index in [4.69, 9.17) is 16.3 Å². The molecular formula is C15H23ClIN3O3S. The number of hydrogen-bond acceptors (Lipinski definition) is 4. The first-order valence-corrected chi connectivity index (χ1v) is 9.71. The second kappa shape index (κ2) is 9.67. The minimum absolute atomic E-state index is 0. The maximum Gasteiger partial charge on any atom is 0.191 e. The Morgan fingerprint density at radius 3 is 2.79 bits per heavy atom. The molecule has 1 atom stereocenters. The highest BCUT2D eigenvalue weighted by molar-refractivity contribution is 14.0. The summed E-state index contributed by atoms with van der Waals surface area (Å²) in [6, 6.07) is 5.31. The van der Waals surface area contributed by atoms with Crippen molar-refractivity contribution < 1.29 is 13.2 Å². The molecule has 2 N–H and O–H groups in total. The third-order valence-corrected chi connectivity index (χ3v) is 5.58. The van der Waals surface area contributed by atoms with E-state index in [-0.39, 0.29) is 41.5 Å². The van der Waals surface area contributed by atoms with Gasteiger partial charge in [-0.2, -0.15) is 0 Å². The van der Waals surface area contributed by atoms with Crippen molar-refractivity contribution in [1.82, 2.24) is 10.6 Å². The third kappa shape index (κ3) is 6.29. The van der Waals surface area contributed by atoms with E-state index in [9.17, 15) is 8.42 Å². The Balaban J connectivity index is 0.00000288. The van der Waals surface area contributed by atoms with E-state index in [0.717, 1.165) is 5.56 Å². The smallest absolute Gasteiger partial charge is 0.191 e. The summed E-state index contributed by atoms with van der Waals surface area (Å²) in [6.07, 6.45) is 0.608. The second-order valence-corrected chi connectivity index (χ2v) is 8.06. The van der Waals surface area contributed by atoms with Crippen LogP contribution < -0.4 is 15.4 Å². The van der Waals surface area contributed by atoms with Gasteiger partial charge in [-0.05, 0) is 25.5 Å². The molecule has 0 aromatic heterocycles. The van der Waals surface area contributed by atoms with Gasteiger partial charge in [0.2, 0.25) is 0 Å². The summed E-state index contributed by atoms with van der Waals surface area (Å²) in [7, 11) is -1.33. The number of nitrogens with zero attached hydrogens (tertiary/aromatic N) is 1. The summed E-state index contributed by atoms with van der Waals surface area (Å²) in [5.74, 6) is 1.67. The normalized spacial score (nSPS) is 19.5. The lowest BCUT2D eigenvalue weighted by Crippen LogP contribution is -2.44. The standard InChI is InChI=1S/C15H22ClN3O3S.HI/c1-3-17-15(19-13-6-7-23(20,21)10-13)18-9-11-4-5-12(16)8-14(11)22-2;/h4-5,8,13H,3,6-7,9-10H2,1-2H3,(H2,17,18,19);1H. The molecule has 1 aromatic rings. The zero-order valence-corrected chi connectivity index (χ0v) is 17.6. The van der Waals surface area contributed by atoms with Gasteiger partial charge in [-0.15, -0.1) is 24.0 Å². The molecule has 1 unspecified atom stereocenters. The van der Waals surface area contributed by atoms with Gasteiger partial charge in [0.1, 0.15) is 5.75 Å². The molecule has 2 rings (SSSR count). The Morgan fingerprint density at radius 2 is 2.21 bits per heavy atom. The average molecular weight is 488 g/mol. The van der Waals surface area contributed by atoms with E-state index in [1.807, 2.05) is 13.0 Å². The van der Waals surface area contributed by atoms with Crippen molar-refractivity contribution in [3.63, 3.8) is 0 Å². The largest absolute Gasteiger partial charge is 0.496 e. The van der Waals surface area contributed by atoms with Crippen molar-refractivity contribution in [3.05, 3.63) is 28.8 Å². The minimum Gasteiger partial charge on any atom is -0.496 e. The van der Waals surface area contributed by atoms with Crippen LogP contribution in [0.1, 0.15) is 18.9 Å². The van der Waals surface area contributed by atoms with Crippen LogP contribution in [0.15, 0.2) is 23.2 Å². The molecular weight excluding hydrogens is 465 g/mol. The molecule has 1 aliphatic heterocycles. The van der Waals surface area contributed by atoms with Gasteiger partial charge in [-0.25, -0.2) is 13.4 Å². The van der Waals surface area contributed by atoms with Crippen molar-refractivity contribution in [2.75, 3.05) is 25.2 Å². The van der Waals surface area contributed by atoms with Gasteiger partial charge in [0.15, 0.2) is 15.8 Å². The Labute approximate surface area is 165 Å². The number of aliphatic imine (C=N–C) groups is 1. The van der Waals surface area contributed by atoms with Gasteiger partial charge in [0, 0.05) is 23.2 Å². The predicted molar refractivity (Wildman–Crippen MR) is 108 cm³/mol. The van der Waals surface area contributed by atoms with E-state index in [0.29, 0.717) is 36.2 Å². The highest BCUT2D eigenvalue weighted by atomic mass is 127. The van der Waals surface area contributed by atoms with Crippen molar-refractivity contribution in [1.29, 1.82) is 0 Å². The van der Waals surface area contributed by atoms with Crippen molar-refractivity contribution in [2.24, 2.45) is 4.99 Å². The molecule has 6 nitrogen and oxygen atoms in total. The van der Waals surface area contributed by atoms with E-state index < -0.39 is 9.84 Å². The quantitative estimate of drug-likeness (QED) is 0.378. The van der Waals surface area contributed by atoms with Crippen LogP contribution in [-0.2, 0) is 16.4 Å². The Morgan fingerprint density at radius 1 is 1.46 bits per heavy atom. The Kier molecular flexibility index (Phi) is 8.58. The zero-order chi connectivity index (χ0) is 16.9. The van der Waals surface area contributed by atoms with Crippen molar-refractivity contribution >= 4 is 51.4 Å². The number of methoxy groups -OCH3 is 1. The number of ether oxygens (including phenoxy) is 1. The van der Waals surface area contributed by atoms with Gasteiger partial charge >= 0.3 is 0 Å². The van der Waals surface area contributed by atoms with Crippen molar-refractivity contribution in [3.8, 4) is 5.75 Å². The fourth-order valence-corrected chi connectivity index (χ4v) is 4.27. The molecule has 0 saturated carbocycles. The van der Waals surface area contributed by atoms with E-state index in [1.54, 1.807) is 19.2 Å². The SMILES string of the molecule is CCNC(=NCc1ccc(Cl)cc1OC)NC1CCS(=O)(=O)C1.I. The monoisotopic (exact) mass is 487 g/mol. The molecule has 24 heavy (non-hydrogen) atoms. The summed E-state index contributed by atoms with van der Waals surface area (Å²) < 4.78 is 28.4. The molecule has 1 aromatic carbocycles. The predicted octanol–water partition coefficient (Wildman–Crippen LogP) is 2.21. The number of rotatable bonds is 5. The lowest BCUT2D eigenvalue weighted by Gasteiger charge is -2.16. The van der Waals surface area contributed by atoms with Crippen molar-refractivity contribution in [2.45, 2.75) is 25.9 Å². The van der Waals surface area contributed by atoms with Crippen LogP contribution in [0.3, 0.4) is 0 Å². The molecule has 0 aliphatic carbocycles. The third-order valence-electron chi connectivity index (χ3n) is 3.57. The first kappa shape index (κ1) is 21.3.